The minimum Gasteiger partial charge on any atom is -0.330 e. The molecule has 0 bridgehead atoms. The Morgan fingerprint density at radius 1 is 1.24 bits per heavy atom. The number of aromatic nitrogens is 1. The summed E-state index contributed by atoms with van der Waals surface area (Å²) in [6.45, 7) is 0.254. The van der Waals surface area contributed by atoms with Crippen LogP contribution < -0.4 is 0 Å². The molecule has 0 unspecified atom stereocenters. The monoisotopic (exact) mass is 304 g/mol. The molecule has 1 heterocycles. The number of carbonyl (C=O) groups excluding carboxylic acids is 1. The predicted octanol–water partition coefficient (Wildman–Crippen LogP) is 3.68. The summed E-state index contributed by atoms with van der Waals surface area (Å²) in [6.07, 6.45) is 1.89. The highest BCUT2D eigenvalue weighted by atomic mass is 35.5. The Bertz CT molecular complexity index is 673. The first kappa shape index (κ1) is 14.0. The van der Waals surface area contributed by atoms with Gasteiger partial charge < -0.3 is 4.90 Å². The standard InChI is InChI=1S/C16H14ClFN2O/c17-15-7-3-6-14(19-15)16(21)20(12-8-9-12)10-11-4-1-2-5-13(11)18/h1-7,12H,8-10H2. The number of benzene rings is 1. The van der Waals surface area contributed by atoms with Gasteiger partial charge in [0.1, 0.15) is 16.7 Å². The third kappa shape index (κ3) is 3.22. The minimum absolute atomic E-state index is 0.165. The average molecular weight is 305 g/mol. The van der Waals surface area contributed by atoms with E-state index >= 15 is 0 Å². The fourth-order valence-corrected chi connectivity index (χ4v) is 2.40. The Morgan fingerprint density at radius 2 is 2.00 bits per heavy atom. The van der Waals surface area contributed by atoms with Crippen molar-refractivity contribution in [3.63, 3.8) is 0 Å². The highest BCUT2D eigenvalue weighted by molar-refractivity contribution is 6.29. The predicted molar refractivity (Wildman–Crippen MR) is 78.5 cm³/mol. The molecule has 0 atom stereocenters. The van der Waals surface area contributed by atoms with E-state index in [1.807, 2.05) is 0 Å². The van der Waals surface area contributed by atoms with Crippen LogP contribution in [0.1, 0.15) is 28.9 Å². The zero-order valence-corrected chi connectivity index (χ0v) is 12.1. The molecule has 5 heteroatoms. The van der Waals surface area contributed by atoms with Crippen LogP contribution in [0.25, 0.3) is 0 Å². The van der Waals surface area contributed by atoms with Crippen molar-refractivity contribution in [3.05, 3.63) is 64.7 Å². The van der Waals surface area contributed by atoms with Crippen LogP contribution >= 0.6 is 11.6 Å². The Labute approximate surface area is 127 Å². The molecule has 108 valence electrons. The van der Waals surface area contributed by atoms with Crippen molar-refractivity contribution in [2.24, 2.45) is 0 Å². The molecule has 0 saturated heterocycles. The van der Waals surface area contributed by atoms with E-state index in [9.17, 15) is 9.18 Å². The van der Waals surface area contributed by atoms with Gasteiger partial charge in [-0.15, -0.1) is 0 Å². The third-order valence-electron chi connectivity index (χ3n) is 3.48. The molecule has 3 nitrogen and oxygen atoms in total. The van der Waals surface area contributed by atoms with Crippen LogP contribution in [0.2, 0.25) is 5.15 Å². The Morgan fingerprint density at radius 3 is 2.67 bits per heavy atom. The summed E-state index contributed by atoms with van der Waals surface area (Å²) in [6, 6.07) is 11.6. The molecule has 1 aromatic carbocycles. The van der Waals surface area contributed by atoms with Crippen LogP contribution in [-0.2, 0) is 6.54 Å². The first-order valence-corrected chi connectivity index (χ1v) is 7.20. The van der Waals surface area contributed by atoms with Gasteiger partial charge >= 0.3 is 0 Å². The van der Waals surface area contributed by atoms with Crippen LogP contribution in [0, 0.1) is 5.82 Å². The Balaban J connectivity index is 1.85. The molecule has 3 rings (SSSR count). The molecule has 1 aliphatic rings. The first-order valence-electron chi connectivity index (χ1n) is 6.82. The minimum atomic E-state index is -0.296. The number of amides is 1. The van der Waals surface area contributed by atoms with Crippen molar-refractivity contribution in [1.29, 1.82) is 0 Å². The van der Waals surface area contributed by atoms with E-state index < -0.39 is 0 Å². The maximum absolute atomic E-state index is 13.8. The normalized spacial score (nSPS) is 14.0. The summed E-state index contributed by atoms with van der Waals surface area (Å²) >= 11 is 5.83. The van der Waals surface area contributed by atoms with E-state index in [0.29, 0.717) is 11.3 Å². The second-order valence-corrected chi connectivity index (χ2v) is 5.49. The highest BCUT2D eigenvalue weighted by Crippen LogP contribution is 2.30. The molecule has 1 saturated carbocycles. The fraction of sp³-hybridized carbons (Fsp3) is 0.250. The lowest BCUT2D eigenvalue weighted by atomic mass is 10.2. The van der Waals surface area contributed by atoms with E-state index in [1.54, 1.807) is 41.3 Å². The van der Waals surface area contributed by atoms with Crippen molar-refractivity contribution in [2.75, 3.05) is 0 Å². The van der Waals surface area contributed by atoms with E-state index in [1.165, 1.54) is 6.07 Å². The topological polar surface area (TPSA) is 33.2 Å². The Hall–Kier alpha value is -1.94. The van der Waals surface area contributed by atoms with Gasteiger partial charge in [-0.25, -0.2) is 9.37 Å². The quantitative estimate of drug-likeness (QED) is 0.807. The van der Waals surface area contributed by atoms with Gasteiger partial charge in [-0.05, 0) is 31.0 Å². The zero-order chi connectivity index (χ0) is 14.8. The van der Waals surface area contributed by atoms with Gasteiger partial charge in [-0.3, -0.25) is 4.79 Å². The maximum Gasteiger partial charge on any atom is 0.273 e. The molecule has 0 N–H and O–H groups in total. The van der Waals surface area contributed by atoms with Gasteiger partial charge in [0.2, 0.25) is 0 Å². The number of hydrogen-bond donors (Lipinski definition) is 0. The van der Waals surface area contributed by atoms with E-state index in [4.69, 9.17) is 11.6 Å². The van der Waals surface area contributed by atoms with E-state index in [2.05, 4.69) is 4.98 Å². The molecule has 0 radical (unpaired) electrons. The second kappa shape index (κ2) is 5.82. The molecule has 1 aromatic heterocycles. The number of rotatable bonds is 4. The lowest BCUT2D eigenvalue weighted by Crippen LogP contribution is -2.33. The molecule has 1 amide bonds. The summed E-state index contributed by atoms with van der Waals surface area (Å²) in [5.41, 5.74) is 0.811. The number of halogens is 2. The maximum atomic E-state index is 13.8. The molecular formula is C16H14ClFN2O. The van der Waals surface area contributed by atoms with Crippen LogP contribution in [0.15, 0.2) is 42.5 Å². The molecule has 0 spiro atoms. The van der Waals surface area contributed by atoms with Crippen LogP contribution in [0.4, 0.5) is 4.39 Å². The van der Waals surface area contributed by atoms with Gasteiger partial charge in [-0.1, -0.05) is 35.9 Å². The average Bonchev–Trinajstić information content (AvgIpc) is 3.30. The molecule has 2 aromatic rings. The lowest BCUT2D eigenvalue weighted by molar-refractivity contribution is 0.0722. The van der Waals surface area contributed by atoms with Crippen molar-refractivity contribution in [2.45, 2.75) is 25.4 Å². The largest absolute Gasteiger partial charge is 0.330 e. The third-order valence-corrected chi connectivity index (χ3v) is 3.69. The summed E-state index contributed by atoms with van der Waals surface area (Å²) in [4.78, 5) is 18.3. The lowest BCUT2D eigenvalue weighted by Gasteiger charge is -2.22. The number of pyridine rings is 1. The van der Waals surface area contributed by atoms with Crippen molar-refractivity contribution < 1.29 is 9.18 Å². The number of hydrogen-bond acceptors (Lipinski definition) is 2. The van der Waals surface area contributed by atoms with Crippen LogP contribution in [0.3, 0.4) is 0 Å². The fourth-order valence-electron chi connectivity index (χ4n) is 2.24. The van der Waals surface area contributed by atoms with Crippen LogP contribution in [0.5, 0.6) is 0 Å². The van der Waals surface area contributed by atoms with E-state index in [-0.39, 0.29) is 29.5 Å². The highest BCUT2D eigenvalue weighted by Gasteiger charge is 2.34. The molecular weight excluding hydrogens is 291 g/mol. The number of nitrogens with zero attached hydrogens (tertiary/aromatic N) is 2. The van der Waals surface area contributed by atoms with Crippen molar-refractivity contribution in [1.82, 2.24) is 9.88 Å². The summed E-state index contributed by atoms with van der Waals surface area (Å²) < 4.78 is 13.8. The molecule has 1 fully saturated rings. The summed E-state index contributed by atoms with van der Waals surface area (Å²) in [7, 11) is 0. The van der Waals surface area contributed by atoms with Gasteiger partial charge in [0.15, 0.2) is 0 Å². The van der Waals surface area contributed by atoms with E-state index in [0.717, 1.165) is 12.8 Å². The van der Waals surface area contributed by atoms with Gasteiger partial charge in [0, 0.05) is 18.2 Å². The second-order valence-electron chi connectivity index (χ2n) is 5.10. The smallest absolute Gasteiger partial charge is 0.273 e. The van der Waals surface area contributed by atoms with Gasteiger partial charge in [0.25, 0.3) is 5.91 Å². The van der Waals surface area contributed by atoms with Crippen molar-refractivity contribution >= 4 is 17.5 Å². The SMILES string of the molecule is O=C(c1cccc(Cl)n1)N(Cc1ccccc1F)C1CC1. The zero-order valence-electron chi connectivity index (χ0n) is 11.3. The number of carbonyl (C=O) groups is 1. The molecule has 1 aliphatic carbocycles. The first-order chi connectivity index (χ1) is 10.1. The summed E-state index contributed by atoms with van der Waals surface area (Å²) in [5.74, 6) is -0.502. The van der Waals surface area contributed by atoms with Crippen LogP contribution in [-0.4, -0.2) is 21.8 Å². The molecule has 0 aliphatic heterocycles. The Kier molecular flexibility index (Phi) is 3.88. The molecule has 21 heavy (non-hydrogen) atoms. The van der Waals surface area contributed by atoms with Crippen molar-refractivity contribution in [3.8, 4) is 0 Å². The van der Waals surface area contributed by atoms with Gasteiger partial charge in [0.05, 0.1) is 0 Å². The summed E-state index contributed by atoms with van der Waals surface area (Å²) in [5, 5.41) is 0.280. The van der Waals surface area contributed by atoms with Gasteiger partial charge in [-0.2, -0.15) is 0 Å².